The first kappa shape index (κ1) is 15.0. The van der Waals surface area contributed by atoms with Crippen LogP contribution in [0.3, 0.4) is 0 Å². The molecule has 0 radical (unpaired) electrons. The third kappa shape index (κ3) is 3.28. The molecule has 23 heavy (non-hydrogen) atoms. The molecule has 1 aromatic carbocycles. The van der Waals surface area contributed by atoms with Crippen molar-refractivity contribution in [3.63, 3.8) is 0 Å². The largest absolute Gasteiger partial charge is 0.480 e. The van der Waals surface area contributed by atoms with E-state index < -0.39 is 12.0 Å². The summed E-state index contributed by atoms with van der Waals surface area (Å²) in [6, 6.07) is 5.85. The summed E-state index contributed by atoms with van der Waals surface area (Å²) in [6.07, 6.45) is 5.68. The van der Waals surface area contributed by atoms with Crippen LogP contribution in [0.25, 0.3) is 0 Å². The van der Waals surface area contributed by atoms with Crippen molar-refractivity contribution >= 4 is 11.9 Å². The lowest BCUT2D eigenvalue weighted by Crippen LogP contribution is -2.40. The lowest BCUT2D eigenvalue weighted by molar-refractivity contribution is -0.141. The van der Waals surface area contributed by atoms with Crippen LogP contribution >= 0.6 is 0 Å². The van der Waals surface area contributed by atoms with Gasteiger partial charge in [0.1, 0.15) is 11.8 Å². The number of benzene rings is 1. The molecule has 1 saturated heterocycles. The summed E-state index contributed by atoms with van der Waals surface area (Å²) in [5.74, 6) is -0.508. The Balaban J connectivity index is 1.79. The van der Waals surface area contributed by atoms with E-state index in [1.807, 2.05) is 0 Å². The van der Waals surface area contributed by atoms with Gasteiger partial charge in [0, 0.05) is 24.5 Å². The highest BCUT2D eigenvalue weighted by atomic mass is 16.5. The maximum atomic E-state index is 12.5. The van der Waals surface area contributed by atoms with Crippen LogP contribution in [0, 0.1) is 0 Å². The number of amides is 1. The van der Waals surface area contributed by atoms with Crippen LogP contribution in [-0.2, 0) is 4.79 Å². The van der Waals surface area contributed by atoms with Crippen molar-refractivity contribution in [2.75, 3.05) is 6.54 Å². The van der Waals surface area contributed by atoms with Gasteiger partial charge in [-0.2, -0.15) is 0 Å². The highest BCUT2D eigenvalue weighted by molar-refractivity contribution is 5.97. The van der Waals surface area contributed by atoms with Crippen molar-refractivity contribution in [3.05, 3.63) is 48.4 Å². The number of ether oxygens (including phenoxy) is 1. The van der Waals surface area contributed by atoms with Crippen molar-refractivity contribution in [1.82, 2.24) is 14.9 Å². The number of nitrogens with zero attached hydrogens (tertiary/aromatic N) is 3. The van der Waals surface area contributed by atoms with Crippen LogP contribution < -0.4 is 4.74 Å². The summed E-state index contributed by atoms with van der Waals surface area (Å²) in [4.78, 5) is 33.1. The van der Waals surface area contributed by atoms with E-state index in [1.54, 1.807) is 24.3 Å². The number of likely N-dealkylation sites (tertiary alicyclic amines) is 1. The molecule has 3 rings (SSSR count). The molecule has 0 bridgehead atoms. The number of rotatable bonds is 4. The molecule has 118 valence electrons. The lowest BCUT2D eigenvalue weighted by atomic mass is 10.1. The molecule has 1 fully saturated rings. The molecular weight excluding hydrogens is 298 g/mol. The average molecular weight is 313 g/mol. The fourth-order valence-electron chi connectivity index (χ4n) is 2.58. The van der Waals surface area contributed by atoms with Gasteiger partial charge in [0.25, 0.3) is 5.91 Å². The second kappa shape index (κ2) is 6.43. The third-order valence-corrected chi connectivity index (χ3v) is 3.64. The minimum atomic E-state index is -0.970. The van der Waals surface area contributed by atoms with Gasteiger partial charge in [0.05, 0.1) is 6.20 Å². The molecule has 1 aliphatic heterocycles. The summed E-state index contributed by atoms with van der Waals surface area (Å²) in [7, 11) is 0. The summed E-state index contributed by atoms with van der Waals surface area (Å²) >= 11 is 0. The Morgan fingerprint density at radius 1 is 1.30 bits per heavy atom. The number of hydrogen-bond acceptors (Lipinski definition) is 5. The molecular formula is C16H15N3O4. The Morgan fingerprint density at radius 2 is 2.17 bits per heavy atom. The third-order valence-electron chi connectivity index (χ3n) is 3.64. The van der Waals surface area contributed by atoms with Gasteiger partial charge in [-0.3, -0.25) is 9.78 Å². The van der Waals surface area contributed by atoms with E-state index in [-0.39, 0.29) is 5.91 Å². The Kier molecular flexibility index (Phi) is 4.18. The average Bonchev–Trinajstić information content (AvgIpc) is 3.05. The Bertz CT molecular complexity index is 720. The lowest BCUT2D eigenvalue weighted by Gasteiger charge is -2.21. The number of aromatic nitrogens is 2. The van der Waals surface area contributed by atoms with E-state index in [0.29, 0.717) is 36.6 Å². The van der Waals surface area contributed by atoms with Gasteiger partial charge in [0.15, 0.2) is 0 Å². The van der Waals surface area contributed by atoms with Crippen molar-refractivity contribution in [3.8, 4) is 11.6 Å². The topological polar surface area (TPSA) is 92.6 Å². The minimum absolute atomic E-state index is 0.306. The monoisotopic (exact) mass is 313 g/mol. The Hall–Kier alpha value is -2.96. The SMILES string of the molecule is O=C(O)[C@@H]1CCCN1C(=O)c1cccc(Oc2cnccn2)c1. The number of hydrogen-bond donors (Lipinski definition) is 1. The zero-order valence-corrected chi connectivity index (χ0v) is 12.3. The number of carbonyl (C=O) groups excluding carboxylic acids is 1. The van der Waals surface area contributed by atoms with Gasteiger partial charge in [-0.1, -0.05) is 6.07 Å². The van der Waals surface area contributed by atoms with Gasteiger partial charge in [-0.05, 0) is 31.0 Å². The van der Waals surface area contributed by atoms with Crippen molar-refractivity contribution in [2.24, 2.45) is 0 Å². The van der Waals surface area contributed by atoms with Gasteiger partial charge >= 0.3 is 5.97 Å². The first-order valence-electron chi connectivity index (χ1n) is 7.23. The fourth-order valence-corrected chi connectivity index (χ4v) is 2.58. The molecule has 0 unspecified atom stereocenters. The molecule has 2 heterocycles. The molecule has 1 aliphatic rings. The van der Waals surface area contributed by atoms with E-state index in [4.69, 9.17) is 4.74 Å². The van der Waals surface area contributed by atoms with Crippen LogP contribution in [0.15, 0.2) is 42.9 Å². The molecule has 2 aromatic rings. The van der Waals surface area contributed by atoms with E-state index in [0.717, 1.165) is 0 Å². The molecule has 0 saturated carbocycles. The van der Waals surface area contributed by atoms with E-state index in [1.165, 1.54) is 23.5 Å². The summed E-state index contributed by atoms with van der Waals surface area (Å²) in [5, 5.41) is 9.20. The number of carboxylic acids is 1. The van der Waals surface area contributed by atoms with E-state index >= 15 is 0 Å². The standard InChI is InChI=1S/C16H15N3O4/c20-15(19-8-2-5-13(19)16(21)22)11-3-1-4-12(9-11)23-14-10-17-6-7-18-14/h1,3-4,6-7,9-10,13H,2,5,8H2,(H,21,22)/t13-/m0/s1. The fraction of sp³-hybridized carbons (Fsp3) is 0.250. The zero-order valence-electron chi connectivity index (χ0n) is 12.3. The first-order valence-corrected chi connectivity index (χ1v) is 7.23. The highest BCUT2D eigenvalue weighted by Gasteiger charge is 2.34. The number of carboxylic acid groups (broad SMARTS) is 1. The predicted molar refractivity (Wildman–Crippen MR) is 80.2 cm³/mol. The first-order chi connectivity index (χ1) is 11.1. The van der Waals surface area contributed by atoms with Gasteiger partial charge < -0.3 is 14.7 Å². The maximum Gasteiger partial charge on any atom is 0.326 e. The van der Waals surface area contributed by atoms with Crippen LogP contribution in [0.1, 0.15) is 23.2 Å². The second-order valence-corrected chi connectivity index (χ2v) is 5.17. The molecule has 1 amide bonds. The molecule has 0 spiro atoms. The molecule has 0 aliphatic carbocycles. The molecule has 7 heteroatoms. The van der Waals surface area contributed by atoms with E-state index in [2.05, 4.69) is 9.97 Å². The van der Waals surface area contributed by atoms with Crippen molar-refractivity contribution in [2.45, 2.75) is 18.9 Å². The van der Waals surface area contributed by atoms with Gasteiger partial charge in [-0.25, -0.2) is 9.78 Å². The molecule has 1 aromatic heterocycles. The van der Waals surface area contributed by atoms with Crippen molar-refractivity contribution in [1.29, 1.82) is 0 Å². The minimum Gasteiger partial charge on any atom is -0.480 e. The summed E-state index contributed by atoms with van der Waals surface area (Å²) in [6.45, 7) is 0.449. The summed E-state index contributed by atoms with van der Waals surface area (Å²) < 4.78 is 5.55. The Labute approximate surface area is 132 Å². The molecule has 1 N–H and O–H groups in total. The second-order valence-electron chi connectivity index (χ2n) is 5.17. The van der Waals surface area contributed by atoms with Crippen LogP contribution in [-0.4, -0.2) is 44.4 Å². The smallest absolute Gasteiger partial charge is 0.326 e. The highest BCUT2D eigenvalue weighted by Crippen LogP contribution is 2.24. The van der Waals surface area contributed by atoms with Crippen LogP contribution in [0.2, 0.25) is 0 Å². The zero-order chi connectivity index (χ0) is 16.2. The van der Waals surface area contributed by atoms with Gasteiger partial charge in [-0.15, -0.1) is 0 Å². The summed E-state index contributed by atoms with van der Waals surface area (Å²) in [5.41, 5.74) is 0.388. The maximum absolute atomic E-state index is 12.5. The van der Waals surface area contributed by atoms with Gasteiger partial charge in [0.2, 0.25) is 5.88 Å². The van der Waals surface area contributed by atoms with Crippen molar-refractivity contribution < 1.29 is 19.4 Å². The Morgan fingerprint density at radius 3 is 2.91 bits per heavy atom. The quantitative estimate of drug-likeness (QED) is 0.927. The number of carbonyl (C=O) groups is 2. The van der Waals surface area contributed by atoms with Crippen LogP contribution in [0.5, 0.6) is 11.6 Å². The predicted octanol–water partition coefficient (Wildman–Crippen LogP) is 1.96. The number of aliphatic carboxylic acids is 1. The van der Waals surface area contributed by atoms with E-state index in [9.17, 15) is 14.7 Å². The normalized spacial score (nSPS) is 17.0. The van der Waals surface area contributed by atoms with Crippen LogP contribution in [0.4, 0.5) is 0 Å². The molecule has 1 atom stereocenters. The molecule has 7 nitrogen and oxygen atoms in total.